The number of nitrogens with zero attached hydrogens (tertiary/aromatic N) is 2. The molecule has 5 nitrogen and oxygen atoms in total. The summed E-state index contributed by atoms with van der Waals surface area (Å²) < 4.78 is 2.20. The lowest BCUT2D eigenvalue weighted by atomic mass is 10.1. The van der Waals surface area contributed by atoms with E-state index in [0.29, 0.717) is 19.1 Å². The van der Waals surface area contributed by atoms with E-state index in [1.54, 1.807) is 0 Å². The molecule has 1 amide bonds. The molecule has 0 radical (unpaired) electrons. The van der Waals surface area contributed by atoms with Crippen LogP contribution < -0.4 is 10.6 Å². The van der Waals surface area contributed by atoms with E-state index in [2.05, 4.69) is 20.2 Å². The van der Waals surface area contributed by atoms with Crippen LogP contribution in [0.1, 0.15) is 45.3 Å². The molecular formula is C13H22N4O. The van der Waals surface area contributed by atoms with Crippen LogP contribution >= 0.6 is 0 Å². The molecule has 0 atom stereocenters. The van der Waals surface area contributed by atoms with Gasteiger partial charge in [0.15, 0.2) is 0 Å². The zero-order valence-electron chi connectivity index (χ0n) is 11.4. The molecule has 100 valence electrons. The van der Waals surface area contributed by atoms with Crippen molar-refractivity contribution >= 4 is 5.91 Å². The predicted octanol–water partition coefficient (Wildman–Crippen LogP) is 1.22. The summed E-state index contributed by atoms with van der Waals surface area (Å²) in [6.07, 6.45) is 6.23. The number of carbonyl (C=O) groups excluding carboxylic acids is 1. The van der Waals surface area contributed by atoms with E-state index in [9.17, 15) is 4.79 Å². The summed E-state index contributed by atoms with van der Waals surface area (Å²) in [5.41, 5.74) is 0.982. The standard InChI is InChI=1S/C13H22N4O/c1-13(2,3)16-12(18)8-14-6-11-7-15-9-17(11)10-4-5-10/h7,9-10,14H,4-6,8H2,1-3H3,(H,16,18). The van der Waals surface area contributed by atoms with Crippen molar-refractivity contribution in [3.63, 3.8) is 0 Å². The van der Waals surface area contributed by atoms with Gasteiger partial charge in [0.05, 0.1) is 18.6 Å². The van der Waals surface area contributed by atoms with Crippen LogP contribution in [0.5, 0.6) is 0 Å². The van der Waals surface area contributed by atoms with Gasteiger partial charge in [0.1, 0.15) is 0 Å². The minimum atomic E-state index is -0.172. The van der Waals surface area contributed by atoms with E-state index in [4.69, 9.17) is 0 Å². The molecule has 0 spiro atoms. The van der Waals surface area contributed by atoms with Crippen LogP contribution in [0.4, 0.5) is 0 Å². The van der Waals surface area contributed by atoms with E-state index < -0.39 is 0 Å². The smallest absolute Gasteiger partial charge is 0.234 e. The van der Waals surface area contributed by atoms with Gasteiger partial charge in [0.25, 0.3) is 0 Å². The first-order chi connectivity index (χ1) is 8.46. The predicted molar refractivity (Wildman–Crippen MR) is 70.1 cm³/mol. The number of imidazole rings is 1. The van der Waals surface area contributed by atoms with Crippen LogP contribution in [0.25, 0.3) is 0 Å². The molecule has 1 fully saturated rings. The molecule has 18 heavy (non-hydrogen) atoms. The molecule has 0 bridgehead atoms. The van der Waals surface area contributed by atoms with Crippen LogP contribution in [0.15, 0.2) is 12.5 Å². The van der Waals surface area contributed by atoms with E-state index in [1.807, 2.05) is 33.3 Å². The fourth-order valence-electron chi connectivity index (χ4n) is 1.92. The normalized spacial score (nSPS) is 15.7. The van der Waals surface area contributed by atoms with E-state index >= 15 is 0 Å². The Morgan fingerprint density at radius 3 is 2.83 bits per heavy atom. The second-order valence-corrected chi connectivity index (χ2v) is 5.93. The molecule has 1 aliphatic rings. The van der Waals surface area contributed by atoms with Crippen LogP contribution in [0.2, 0.25) is 0 Å². The SMILES string of the molecule is CC(C)(C)NC(=O)CNCc1cncn1C1CC1. The largest absolute Gasteiger partial charge is 0.350 e. The molecule has 2 N–H and O–H groups in total. The molecule has 1 aromatic rings. The number of amides is 1. The van der Waals surface area contributed by atoms with Crippen LogP contribution in [0.3, 0.4) is 0 Å². The third-order valence-electron chi connectivity index (χ3n) is 2.79. The van der Waals surface area contributed by atoms with Gasteiger partial charge in [-0.3, -0.25) is 4.79 Å². The van der Waals surface area contributed by atoms with Crippen molar-refractivity contribution in [2.24, 2.45) is 0 Å². The number of carbonyl (C=O) groups is 1. The molecule has 2 rings (SSSR count). The van der Waals surface area contributed by atoms with E-state index in [-0.39, 0.29) is 11.4 Å². The molecule has 1 saturated carbocycles. The minimum absolute atomic E-state index is 0.0278. The molecule has 0 saturated heterocycles. The van der Waals surface area contributed by atoms with E-state index in [0.717, 1.165) is 5.69 Å². The number of hydrogen-bond donors (Lipinski definition) is 2. The van der Waals surface area contributed by atoms with Gasteiger partial charge < -0.3 is 15.2 Å². The summed E-state index contributed by atoms with van der Waals surface area (Å²) in [5.74, 6) is 0.0278. The van der Waals surface area contributed by atoms with Crippen molar-refractivity contribution in [1.82, 2.24) is 20.2 Å². The zero-order chi connectivity index (χ0) is 13.2. The summed E-state index contributed by atoms with van der Waals surface area (Å²) in [6.45, 7) is 6.97. The number of hydrogen-bond acceptors (Lipinski definition) is 3. The van der Waals surface area contributed by atoms with Crippen molar-refractivity contribution in [2.45, 2.75) is 51.7 Å². The highest BCUT2D eigenvalue weighted by Crippen LogP contribution is 2.35. The number of nitrogens with one attached hydrogen (secondary N) is 2. The van der Waals surface area contributed by atoms with Gasteiger partial charge in [-0.25, -0.2) is 4.98 Å². The second kappa shape index (κ2) is 5.10. The van der Waals surface area contributed by atoms with Crippen molar-refractivity contribution in [3.8, 4) is 0 Å². The Labute approximate surface area is 108 Å². The Balaban J connectivity index is 1.75. The van der Waals surface area contributed by atoms with Gasteiger partial charge in [-0.05, 0) is 33.6 Å². The maximum Gasteiger partial charge on any atom is 0.234 e. The topological polar surface area (TPSA) is 59.0 Å². The maximum absolute atomic E-state index is 11.6. The Bertz CT molecular complexity index is 415. The van der Waals surface area contributed by atoms with E-state index in [1.165, 1.54) is 12.8 Å². The first kappa shape index (κ1) is 13.1. The van der Waals surface area contributed by atoms with Crippen LogP contribution in [-0.2, 0) is 11.3 Å². The Morgan fingerprint density at radius 1 is 1.50 bits per heavy atom. The van der Waals surface area contributed by atoms with Crippen LogP contribution in [-0.4, -0.2) is 27.5 Å². The van der Waals surface area contributed by atoms with Gasteiger partial charge in [0.2, 0.25) is 5.91 Å². The third kappa shape index (κ3) is 3.84. The lowest BCUT2D eigenvalue weighted by Crippen LogP contribution is -2.44. The summed E-state index contributed by atoms with van der Waals surface area (Å²) in [4.78, 5) is 15.8. The monoisotopic (exact) mass is 250 g/mol. The Kier molecular flexibility index (Phi) is 3.71. The molecule has 1 aliphatic carbocycles. The van der Waals surface area contributed by atoms with Crippen LogP contribution in [0, 0.1) is 0 Å². The average Bonchev–Trinajstić information content (AvgIpc) is 2.97. The van der Waals surface area contributed by atoms with Gasteiger partial charge in [0, 0.05) is 24.3 Å². The highest BCUT2D eigenvalue weighted by molar-refractivity contribution is 5.78. The molecule has 0 aromatic carbocycles. The summed E-state index contributed by atoms with van der Waals surface area (Å²) in [6, 6.07) is 0.632. The average molecular weight is 250 g/mol. The molecular weight excluding hydrogens is 228 g/mol. The zero-order valence-corrected chi connectivity index (χ0v) is 11.4. The molecule has 0 aliphatic heterocycles. The fraction of sp³-hybridized carbons (Fsp3) is 0.692. The first-order valence-electron chi connectivity index (χ1n) is 6.48. The molecule has 5 heteroatoms. The van der Waals surface area contributed by atoms with Crippen molar-refractivity contribution in [1.29, 1.82) is 0 Å². The van der Waals surface area contributed by atoms with Gasteiger partial charge in [-0.1, -0.05) is 0 Å². The Hall–Kier alpha value is -1.36. The second-order valence-electron chi connectivity index (χ2n) is 5.93. The number of rotatable bonds is 5. The maximum atomic E-state index is 11.6. The minimum Gasteiger partial charge on any atom is -0.350 e. The lowest BCUT2D eigenvalue weighted by Gasteiger charge is -2.20. The first-order valence-corrected chi connectivity index (χ1v) is 6.48. The number of aromatic nitrogens is 2. The van der Waals surface area contributed by atoms with Gasteiger partial charge >= 0.3 is 0 Å². The fourth-order valence-corrected chi connectivity index (χ4v) is 1.92. The Morgan fingerprint density at radius 2 is 2.22 bits per heavy atom. The van der Waals surface area contributed by atoms with Crippen molar-refractivity contribution in [3.05, 3.63) is 18.2 Å². The molecule has 1 heterocycles. The van der Waals surface area contributed by atoms with Crippen molar-refractivity contribution in [2.75, 3.05) is 6.54 Å². The summed E-state index contributed by atoms with van der Waals surface area (Å²) in [7, 11) is 0. The lowest BCUT2D eigenvalue weighted by molar-refractivity contribution is -0.121. The highest BCUT2D eigenvalue weighted by Gasteiger charge is 2.25. The molecule has 1 aromatic heterocycles. The van der Waals surface area contributed by atoms with Gasteiger partial charge in [-0.2, -0.15) is 0 Å². The third-order valence-corrected chi connectivity index (χ3v) is 2.79. The molecule has 0 unspecified atom stereocenters. The quantitative estimate of drug-likeness (QED) is 0.826. The summed E-state index contributed by atoms with van der Waals surface area (Å²) in [5, 5.41) is 6.09. The van der Waals surface area contributed by atoms with Crippen molar-refractivity contribution < 1.29 is 4.79 Å². The van der Waals surface area contributed by atoms with Gasteiger partial charge in [-0.15, -0.1) is 0 Å². The summed E-state index contributed by atoms with van der Waals surface area (Å²) >= 11 is 0. The highest BCUT2D eigenvalue weighted by atomic mass is 16.2.